The van der Waals surface area contributed by atoms with Crippen molar-refractivity contribution < 1.29 is 14.3 Å². The number of H-pyrrole nitrogens is 1. The molecular formula is C14H9FN2O2. The topological polar surface area (TPSA) is 66.0 Å². The molecule has 0 aliphatic heterocycles. The summed E-state index contributed by atoms with van der Waals surface area (Å²) >= 11 is 0. The average Bonchev–Trinajstić information content (AvgIpc) is 2.81. The number of fused-ring (bicyclic) bond motifs is 1. The van der Waals surface area contributed by atoms with Gasteiger partial charge in [0.25, 0.3) is 0 Å². The van der Waals surface area contributed by atoms with Gasteiger partial charge in [0.2, 0.25) is 0 Å². The van der Waals surface area contributed by atoms with E-state index in [1.54, 1.807) is 18.2 Å². The Morgan fingerprint density at radius 2 is 2.05 bits per heavy atom. The number of aromatic carboxylic acids is 1. The largest absolute Gasteiger partial charge is 0.478 e. The van der Waals surface area contributed by atoms with E-state index in [0.29, 0.717) is 5.69 Å². The van der Waals surface area contributed by atoms with Crippen molar-refractivity contribution in [3.05, 3.63) is 54.0 Å². The predicted molar refractivity (Wildman–Crippen MR) is 68.4 cm³/mol. The molecule has 0 amide bonds. The van der Waals surface area contributed by atoms with Gasteiger partial charge in [0, 0.05) is 17.1 Å². The summed E-state index contributed by atoms with van der Waals surface area (Å²) in [6.45, 7) is 0. The van der Waals surface area contributed by atoms with Crippen LogP contribution in [0.25, 0.3) is 22.3 Å². The second-order valence-electron chi connectivity index (χ2n) is 4.15. The zero-order valence-electron chi connectivity index (χ0n) is 9.72. The number of carboxylic acid groups (broad SMARTS) is 1. The molecule has 2 heterocycles. The van der Waals surface area contributed by atoms with E-state index in [4.69, 9.17) is 5.11 Å². The summed E-state index contributed by atoms with van der Waals surface area (Å²) < 4.78 is 13.1. The standard InChI is InChI=1S/C14H9FN2O2/c15-10-2-4-11-9(5-10)6-13(17-11)12-3-1-8(7-16-12)14(18)19/h1-7,17H,(H,18,19). The van der Waals surface area contributed by atoms with Gasteiger partial charge < -0.3 is 10.1 Å². The number of hydrogen-bond acceptors (Lipinski definition) is 2. The van der Waals surface area contributed by atoms with Crippen LogP contribution in [0.15, 0.2) is 42.6 Å². The maximum atomic E-state index is 13.1. The molecule has 0 aliphatic rings. The van der Waals surface area contributed by atoms with E-state index in [1.807, 2.05) is 0 Å². The molecule has 19 heavy (non-hydrogen) atoms. The third kappa shape index (κ3) is 2.06. The van der Waals surface area contributed by atoms with Crippen molar-refractivity contribution in [2.45, 2.75) is 0 Å². The zero-order valence-corrected chi connectivity index (χ0v) is 9.72. The number of pyridine rings is 1. The summed E-state index contributed by atoms with van der Waals surface area (Å²) in [5.41, 5.74) is 2.27. The van der Waals surface area contributed by atoms with Crippen LogP contribution in [0.2, 0.25) is 0 Å². The monoisotopic (exact) mass is 256 g/mol. The van der Waals surface area contributed by atoms with E-state index in [-0.39, 0.29) is 11.4 Å². The van der Waals surface area contributed by atoms with E-state index >= 15 is 0 Å². The number of carbonyl (C=O) groups is 1. The van der Waals surface area contributed by atoms with E-state index in [9.17, 15) is 9.18 Å². The van der Waals surface area contributed by atoms with Gasteiger partial charge >= 0.3 is 5.97 Å². The van der Waals surface area contributed by atoms with Crippen molar-refractivity contribution in [2.24, 2.45) is 0 Å². The highest BCUT2D eigenvalue weighted by atomic mass is 19.1. The Kier molecular flexibility index (Phi) is 2.52. The lowest BCUT2D eigenvalue weighted by Gasteiger charge is -1.97. The highest BCUT2D eigenvalue weighted by Gasteiger charge is 2.07. The van der Waals surface area contributed by atoms with Gasteiger partial charge in [0.05, 0.1) is 17.0 Å². The molecule has 2 aromatic heterocycles. The lowest BCUT2D eigenvalue weighted by molar-refractivity contribution is 0.0696. The van der Waals surface area contributed by atoms with E-state index in [0.717, 1.165) is 16.6 Å². The molecule has 4 nitrogen and oxygen atoms in total. The van der Waals surface area contributed by atoms with Crippen molar-refractivity contribution >= 4 is 16.9 Å². The van der Waals surface area contributed by atoms with Crippen LogP contribution >= 0.6 is 0 Å². The maximum Gasteiger partial charge on any atom is 0.337 e. The Morgan fingerprint density at radius 3 is 2.74 bits per heavy atom. The molecule has 3 aromatic rings. The number of benzene rings is 1. The molecule has 3 rings (SSSR count). The second kappa shape index (κ2) is 4.20. The molecule has 0 spiro atoms. The molecule has 0 fully saturated rings. The Morgan fingerprint density at radius 1 is 1.21 bits per heavy atom. The van der Waals surface area contributed by atoms with Gasteiger partial charge in [-0.05, 0) is 36.4 Å². The van der Waals surface area contributed by atoms with Crippen LogP contribution in [0.1, 0.15) is 10.4 Å². The lowest BCUT2D eigenvalue weighted by atomic mass is 10.2. The second-order valence-corrected chi connectivity index (χ2v) is 4.15. The summed E-state index contributed by atoms with van der Waals surface area (Å²) in [5.74, 6) is -1.31. The molecule has 0 saturated heterocycles. The quantitative estimate of drug-likeness (QED) is 0.740. The molecule has 0 saturated carbocycles. The number of halogens is 1. The fraction of sp³-hybridized carbons (Fsp3) is 0. The van der Waals surface area contributed by atoms with Crippen LogP contribution in [0.3, 0.4) is 0 Å². The summed E-state index contributed by atoms with van der Waals surface area (Å²) in [6.07, 6.45) is 1.30. The summed E-state index contributed by atoms with van der Waals surface area (Å²) in [6, 6.07) is 9.34. The van der Waals surface area contributed by atoms with Gasteiger partial charge in [-0.1, -0.05) is 0 Å². The van der Waals surface area contributed by atoms with E-state index in [1.165, 1.54) is 24.4 Å². The average molecular weight is 256 g/mol. The first-order valence-electron chi connectivity index (χ1n) is 5.61. The number of nitrogens with zero attached hydrogens (tertiary/aromatic N) is 1. The van der Waals surface area contributed by atoms with Crippen LogP contribution < -0.4 is 0 Å². The summed E-state index contributed by atoms with van der Waals surface area (Å²) in [5, 5.41) is 9.55. The Balaban J connectivity index is 2.06. The normalized spacial score (nSPS) is 10.8. The molecule has 5 heteroatoms. The number of carboxylic acids is 1. The molecule has 0 atom stereocenters. The highest BCUT2D eigenvalue weighted by Crippen LogP contribution is 2.23. The molecule has 0 bridgehead atoms. The predicted octanol–water partition coefficient (Wildman–Crippen LogP) is 3.07. The van der Waals surface area contributed by atoms with Gasteiger partial charge in [-0.25, -0.2) is 9.18 Å². The van der Waals surface area contributed by atoms with Crippen molar-refractivity contribution in [3.63, 3.8) is 0 Å². The summed E-state index contributed by atoms with van der Waals surface area (Å²) in [7, 11) is 0. The third-order valence-electron chi connectivity index (χ3n) is 2.87. The molecule has 1 aromatic carbocycles. The van der Waals surface area contributed by atoms with Gasteiger partial charge in [-0.3, -0.25) is 4.98 Å². The first-order valence-corrected chi connectivity index (χ1v) is 5.61. The molecule has 2 N–H and O–H groups in total. The number of nitrogens with one attached hydrogen (secondary N) is 1. The minimum absolute atomic E-state index is 0.130. The molecule has 0 unspecified atom stereocenters. The number of rotatable bonds is 2. The molecule has 0 aliphatic carbocycles. The fourth-order valence-corrected chi connectivity index (χ4v) is 1.92. The highest BCUT2D eigenvalue weighted by molar-refractivity contribution is 5.88. The SMILES string of the molecule is O=C(O)c1ccc(-c2cc3cc(F)ccc3[nH]2)nc1. The van der Waals surface area contributed by atoms with Gasteiger partial charge in [-0.15, -0.1) is 0 Å². The van der Waals surface area contributed by atoms with E-state index in [2.05, 4.69) is 9.97 Å². The first kappa shape index (κ1) is 11.4. The number of hydrogen-bond donors (Lipinski definition) is 2. The van der Waals surface area contributed by atoms with Gasteiger partial charge in [-0.2, -0.15) is 0 Å². The first-order chi connectivity index (χ1) is 9.13. The van der Waals surface area contributed by atoms with Crippen molar-refractivity contribution in [3.8, 4) is 11.4 Å². The number of aromatic amines is 1. The zero-order chi connectivity index (χ0) is 13.4. The van der Waals surface area contributed by atoms with Crippen LogP contribution in [0, 0.1) is 5.82 Å². The van der Waals surface area contributed by atoms with Crippen molar-refractivity contribution in [2.75, 3.05) is 0 Å². The minimum Gasteiger partial charge on any atom is -0.478 e. The Labute approximate surface area is 107 Å². The minimum atomic E-state index is -1.02. The maximum absolute atomic E-state index is 13.1. The fourth-order valence-electron chi connectivity index (χ4n) is 1.92. The molecular weight excluding hydrogens is 247 g/mol. The van der Waals surface area contributed by atoms with E-state index < -0.39 is 5.97 Å². The van der Waals surface area contributed by atoms with Gasteiger partial charge in [0.15, 0.2) is 0 Å². The lowest BCUT2D eigenvalue weighted by Crippen LogP contribution is -1.97. The van der Waals surface area contributed by atoms with Crippen molar-refractivity contribution in [1.82, 2.24) is 9.97 Å². The summed E-state index contributed by atoms with van der Waals surface area (Å²) in [4.78, 5) is 17.9. The Hall–Kier alpha value is -2.69. The molecule has 94 valence electrons. The van der Waals surface area contributed by atoms with Gasteiger partial charge in [0.1, 0.15) is 5.82 Å². The Bertz CT molecular complexity index is 763. The van der Waals surface area contributed by atoms with Crippen molar-refractivity contribution in [1.29, 1.82) is 0 Å². The smallest absolute Gasteiger partial charge is 0.337 e. The molecule has 0 radical (unpaired) electrons. The van der Waals surface area contributed by atoms with Crippen LogP contribution in [-0.2, 0) is 0 Å². The van der Waals surface area contributed by atoms with Crippen LogP contribution in [-0.4, -0.2) is 21.0 Å². The number of aromatic nitrogens is 2. The van der Waals surface area contributed by atoms with Crippen LogP contribution in [0.4, 0.5) is 4.39 Å². The third-order valence-corrected chi connectivity index (χ3v) is 2.87. The van der Waals surface area contributed by atoms with Crippen LogP contribution in [0.5, 0.6) is 0 Å².